The van der Waals surface area contributed by atoms with E-state index in [0.717, 1.165) is 29.4 Å². The summed E-state index contributed by atoms with van der Waals surface area (Å²) in [6, 6.07) is 10.7. The molecule has 0 atom stereocenters. The van der Waals surface area contributed by atoms with Gasteiger partial charge >= 0.3 is 0 Å². The first kappa shape index (κ1) is 15.9. The number of rotatable bonds is 5. The lowest BCUT2D eigenvalue weighted by Gasteiger charge is -2.22. The minimum absolute atomic E-state index is 0.0198. The molecule has 0 unspecified atom stereocenters. The summed E-state index contributed by atoms with van der Waals surface area (Å²) < 4.78 is 26.6. The Morgan fingerprint density at radius 2 is 1.95 bits per heavy atom. The molecule has 5 heteroatoms. The number of benzene rings is 2. The molecule has 3 nitrogen and oxygen atoms in total. The lowest BCUT2D eigenvalue weighted by Crippen LogP contribution is -2.35. The van der Waals surface area contributed by atoms with Gasteiger partial charge in [0, 0.05) is 12.2 Å². The molecule has 2 aromatic carbocycles. The third-order valence-corrected chi connectivity index (χ3v) is 3.29. The number of amides is 1. The molecule has 1 N–H and O–H groups in total. The molecule has 0 bridgehead atoms. The van der Waals surface area contributed by atoms with Crippen molar-refractivity contribution in [1.82, 2.24) is 0 Å². The van der Waals surface area contributed by atoms with Crippen molar-refractivity contribution in [2.75, 3.05) is 23.3 Å². The number of carbonyl (C=O) groups excluding carboxylic acids is 1. The molecule has 0 radical (unpaired) electrons. The van der Waals surface area contributed by atoms with Crippen LogP contribution in [0.4, 0.5) is 20.2 Å². The molecule has 0 aliphatic heterocycles. The summed E-state index contributed by atoms with van der Waals surface area (Å²) >= 11 is 0. The fourth-order valence-corrected chi connectivity index (χ4v) is 2.20. The van der Waals surface area contributed by atoms with Crippen LogP contribution >= 0.6 is 0 Å². The van der Waals surface area contributed by atoms with Gasteiger partial charge in [-0.2, -0.15) is 0 Å². The van der Waals surface area contributed by atoms with Gasteiger partial charge in [-0.15, -0.1) is 0 Å². The van der Waals surface area contributed by atoms with Crippen molar-refractivity contribution in [2.45, 2.75) is 13.8 Å². The van der Waals surface area contributed by atoms with Crippen LogP contribution in [0.15, 0.2) is 42.5 Å². The molecule has 2 rings (SSSR count). The van der Waals surface area contributed by atoms with Crippen molar-refractivity contribution in [2.24, 2.45) is 0 Å². The second kappa shape index (κ2) is 7.02. The lowest BCUT2D eigenvalue weighted by molar-refractivity contribution is -0.116. The number of hydrogen-bond acceptors (Lipinski definition) is 2. The van der Waals surface area contributed by atoms with Crippen molar-refractivity contribution < 1.29 is 13.6 Å². The highest BCUT2D eigenvalue weighted by Crippen LogP contribution is 2.18. The molecule has 0 spiro atoms. The maximum Gasteiger partial charge on any atom is 0.246 e. The number of nitrogens with one attached hydrogen (secondary N) is 1. The maximum atomic E-state index is 13.5. The summed E-state index contributed by atoms with van der Waals surface area (Å²) in [5.74, 6) is -1.35. The Morgan fingerprint density at radius 1 is 1.18 bits per heavy atom. The summed E-state index contributed by atoms with van der Waals surface area (Å²) in [7, 11) is 0. The monoisotopic (exact) mass is 304 g/mol. The Labute approximate surface area is 128 Å². The summed E-state index contributed by atoms with van der Waals surface area (Å²) in [6.07, 6.45) is 0. The molecule has 0 aliphatic rings. The first-order valence-corrected chi connectivity index (χ1v) is 7.07. The first-order valence-electron chi connectivity index (χ1n) is 7.07. The SMILES string of the molecule is CCN(C(=O)CNc1cc(F)ccc1F)c1cccc(C)c1. The summed E-state index contributed by atoms with van der Waals surface area (Å²) in [4.78, 5) is 13.9. The molecule has 0 heterocycles. The van der Waals surface area contributed by atoms with Crippen LogP contribution in [-0.2, 0) is 4.79 Å². The molecule has 0 saturated heterocycles. The third-order valence-electron chi connectivity index (χ3n) is 3.29. The summed E-state index contributed by atoms with van der Waals surface area (Å²) in [5.41, 5.74) is 1.82. The highest BCUT2D eigenvalue weighted by Gasteiger charge is 2.14. The van der Waals surface area contributed by atoms with E-state index in [2.05, 4.69) is 5.32 Å². The molecule has 2 aromatic rings. The number of carbonyl (C=O) groups is 1. The van der Waals surface area contributed by atoms with Gasteiger partial charge in [-0.05, 0) is 49.7 Å². The van der Waals surface area contributed by atoms with Crippen molar-refractivity contribution >= 4 is 17.3 Å². The fraction of sp³-hybridized carbons (Fsp3) is 0.235. The minimum atomic E-state index is -0.590. The Bertz CT molecular complexity index is 673. The maximum absolute atomic E-state index is 13.5. The van der Waals surface area contributed by atoms with Gasteiger partial charge in [-0.1, -0.05) is 12.1 Å². The average Bonchev–Trinajstić information content (AvgIpc) is 2.49. The lowest BCUT2D eigenvalue weighted by atomic mass is 10.2. The molecule has 0 saturated carbocycles. The Balaban J connectivity index is 2.08. The second-order valence-electron chi connectivity index (χ2n) is 4.95. The zero-order valence-corrected chi connectivity index (χ0v) is 12.6. The van der Waals surface area contributed by atoms with E-state index < -0.39 is 11.6 Å². The third kappa shape index (κ3) is 3.81. The quantitative estimate of drug-likeness (QED) is 0.912. The molecule has 1 amide bonds. The van der Waals surface area contributed by atoms with Gasteiger partial charge in [-0.25, -0.2) is 8.78 Å². The van der Waals surface area contributed by atoms with Crippen LogP contribution in [-0.4, -0.2) is 19.0 Å². The van der Waals surface area contributed by atoms with Crippen LogP contribution in [0.5, 0.6) is 0 Å². The Morgan fingerprint density at radius 3 is 2.64 bits per heavy atom. The molecular weight excluding hydrogens is 286 g/mol. The van der Waals surface area contributed by atoms with E-state index in [1.807, 2.05) is 38.1 Å². The molecule has 0 aliphatic carbocycles. The van der Waals surface area contributed by atoms with Gasteiger partial charge in [0.1, 0.15) is 11.6 Å². The average molecular weight is 304 g/mol. The largest absolute Gasteiger partial charge is 0.374 e. The predicted molar refractivity (Wildman–Crippen MR) is 84.1 cm³/mol. The standard InChI is InChI=1S/C17H18F2N2O/c1-3-21(14-6-4-5-12(2)9-14)17(22)11-20-16-10-13(18)7-8-15(16)19/h4-10,20H,3,11H2,1-2H3. The first-order chi connectivity index (χ1) is 10.5. The van der Waals surface area contributed by atoms with Gasteiger partial charge in [0.25, 0.3) is 0 Å². The van der Waals surface area contributed by atoms with Gasteiger partial charge < -0.3 is 10.2 Å². The van der Waals surface area contributed by atoms with E-state index in [0.29, 0.717) is 6.54 Å². The van der Waals surface area contributed by atoms with Crippen LogP contribution in [0.2, 0.25) is 0 Å². The van der Waals surface area contributed by atoms with E-state index in [1.165, 1.54) is 0 Å². The zero-order chi connectivity index (χ0) is 16.1. The van der Waals surface area contributed by atoms with Gasteiger partial charge in [0.05, 0.1) is 12.2 Å². The van der Waals surface area contributed by atoms with Crippen LogP contribution < -0.4 is 10.2 Å². The molecule has 0 fully saturated rings. The van der Waals surface area contributed by atoms with E-state index in [4.69, 9.17) is 0 Å². The number of likely N-dealkylation sites (N-methyl/N-ethyl adjacent to an activating group) is 1. The summed E-state index contributed by atoms with van der Waals surface area (Å²) in [6.45, 7) is 4.20. The van der Waals surface area contributed by atoms with E-state index in [-0.39, 0.29) is 18.1 Å². The topological polar surface area (TPSA) is 32.3 Å². The van der Waals surface area contributed by atoms with E-state index in [1.54, 1.807) is 4.90 Å². The second-order valence-corrected chi connectivity index (χ2v) is 4.95. The smallest absolute Gasteiger partial charge is 0.246 e. The fourth-order valence-electron chi connectivity index (χ4n) is 2.20. The molecule has 22 heavy (non-hydrogen) atoms. The van der Waals surface area contributed by atoms with Gasteiger partial charge in [-0.3, -0.25) is 4.79 Å². The Kier molecular flexibility index (Phi) is 5.09. The van der Waals surface area contributed by atoms with Crippen LogP contribution in [0.25, 0.3) is 0 Å². The highest BCUT2D eigenvalue weighted by molar-refractivity contribution is 5.96. The highest BCUT2D eigenvalue weighted by atomic mass is 19.1. The molecule has 116 valence electrons. The normalized spacial score (nSPS) is 10.4. The molecular formula is C17H18F2N2O. The predicted octanol–water partition coefficient (Wildman–Crippen LogP) is 3.74. The van der Waals surface area contributed by atoms with Crippen molar-refractivity contribution in [1.29, 1.82) is 0 Å². The number of halogens is 2. The van der Waals surface area contributed by atoms with E-state index >= 15 is 0 Å². The van der Waals surface area contributed by atoms with Crippen LogP contribution in [0.3, 0.4) is 0 Å². The number of anilines is 2. The number of hydrogen-bond donors (Lipinski definition) is 1. The zero-order valence-electron chi connectivity index (χ0n) is 12.6. The minimum Gasteiger partial charge on any atom is -0.374 e. The molecule has 0 aromatic heterocycles. The van der Waals surface area contributed by atoms with E-state index in [9.17, 15) is 13.6 Å². The van der Waals surface area contributed by atoms with Crippen molar-refractivity contribution in [3.05, 3.63) is 59.7 Å². The number of aryl methyl sites for hydroxylation is 1. The summed E-state index contributed by atoms with van der Waals surface area (Å²) in [5, 5.41) is 2.65. The number of nitrogens with zero attached hydrogens (tertiary/aromatic N) is 1. The van der Waals surface area contributed by atoms with Crippen LogP contribution in [0, 0.1) is 18.6 Å². The van der Waals surface area contributed by atoms with Crippen molar-refractivity contribution in [3.8, 4) is 0 Å². The Hall–Kier alpha value is -2.43. The van der Waals surface area contributed by atoms with Crippen molar-refractivity contribution in [3.63, 3.8) is 0 Å². The van der Waals surface area contributed by atoms with Crippen LogP contribution in [0.1, 0.15) is 12.5 Å². The van der Waals surface area contributed by atoms with Gasteiger partial charge in [0.2, 0.25) is 5.91 Å². The van der Waals surface area contributed by atoms with Gasteiger partial charge in [0.15, 0.2) is 0 Å².